The number of benzene rings is 2. The molecule has 10 heteroatoms. The molecule has 0 aliphatic carbocycles. The van der Waals surface area contributed by atoms with E-state index in [9.17, 15) is 22.4 Å². The van der Waals surface area contributed by atoms with Crippen molar-refractivity contribution in [2.45, 2.75) is 58.7 Å². The molecule has 2 amide bonds. The summed E-state index contributed by atoms with van der Waals surface area (Å²) in [5, 5.41) is 2.87. The Morgan fingerprint density at radius 3 is 2.25 bits per heavy atom. The lowest BCUT2D eigenvalue weighted by Crippen LogP contribution is -2.50. The molecular formula is C26H36FN3O5S. The second kappa shape index (κ2) is 13.2. The average Bonchev–Trinajstić information content (AvgIpc) is 2.81. The van der Waals surface area contributed by atoms with E-state index < -0.39 is 21.9 Å². The number of rotatable bonds is 13. The van der Waals surface area contributed by atoms with Crippen molar-refractivity contribution >= 4 is 27.5 Å². The van der Waals surface area contributed by atoms with Crippen molar-refractivity contribution < 1.29 is 27.1 Å². The smallest absolute Gasteiger partial charge is 0.243 e. The molecule has 0 aliphatic rings. The Morgan fingerprint density at radius 2 is 1.72 bits per heavy atom. The minimum absolute atomic E-state index is 0.0118. The van der Waals surface area contributed by atoms with E-state index in [1.807, 2.05) is 32.9 Å². The Kier molecular flexibility index (Phi) is 10.7. The van der Waals surface area contributed by atoms with Gasteiger partial charge < -0.3 is 15.0 Å². The van der Waals surface area contributed by atoms with Gasteiger partial charge in [-0.05, 0) is 56.5 Å². The van der Waals surface area contributed by atoms with Crippen LogP contribution in [0.25, 0.3) is 0 Å². The van der Waals surface area contributed by atoms with E-state index >= 15 is 0 Å². The molecule has 8 nitrogen and oxygen atoms in total. The van der Waals surface area contributed by atoms with E-state index in [0.29, 0.717) is 12.2 Å². The number of halogens is 1. The van der Waals surface area contributed by atoms with Gasteiger partial charge >= 0.3 is 0 Å². The lowest BCUT2D eigenvalue weighted by atomic mass is 10.1. The van der Waals surface area contributed by atoms with E-state index in [1.165, 1.54) is 23.1 Å². The minimum Gasteiger partial charge on any atom is -0.497 e. The zero-order valence-corrected chi connectivity index (χ0v) is 22.3. The summed E-state index contributed by atoms with van der Waals surface area (Å²) in [4.78, 5) is 27.8. The molecular weight excluding hydrogens is 485 g/mol. The SMILES string of the molecule is CCC(C(=O)NC(C)C)N(Cc1ccc(OC)cc1)C(=O)CCCN(c1ccccc1F)S(C)(=O)=O. The van der Waals surface area contributed by atoms with Gasteiger partial charge in [-0.25, -0.2) is 12.8 Å². The third-order valence-electron chi connectivity index (χ3n) is 5.60. The number of hydrogen-bond donors (Lipinski definition) is 1. The molecule has 36 heavy (non-hydrogen) atoms. The second-order valence-corrected chi connectivity index (χ2v) is 10.8. The number of amides is 2. The zero-order valence-electron chi connectivity index (χ0n) is 21.5. The lowest BCUT2D eigenvalue weighted by molar-refractivity contribution is -0.141. The van der Waals surface area contributed by atoms with E-state index in [2.05, 4.69) is 5.32 Å². The number of nitrogens with one attached hydrogen (secondary N) is 1. The molecule has 1 unspecified atom stereocenters. The molecule has 0 bridgehead atoms. The fourth-order valence-corrected chi connectivity index (χ4v) is 4.83. The van der Waals surface area contributed by atoms with Crippen LogP contribution in [0.15, 0.2) is 48.5 Å². The van der Waals surface area contributed by atoms with Crippen molar-refractivity contribution in [2.24, 2.45) is 0 Å². The molecule has 0 radical (unpaired) electrons. The van der Waals surface area contributed by atoms with E-state index in [-0.39, 0.29) is 49.5 Å². The van der Waals surface area contributed by atoms with Crippen LogP contribution in [-0.2, 0) is 26.2 Å². The average molecular weight is 522 g/mol. The standard InChI is InChI=1S/C26H36FN3O5S/c1-6-23(26(32)28-19(2)3)29(18-20-13-15-21(35-4)16-14-20)25(31)12-9-17-30(36(5,33)34)24-11-8-7-10-22(24)27/h7-8,10-11,13-16,19,23H,6,9,12,17-18H2,1-5H3,(H,28,32). The second-order valence-electron chi connectivity index (χ2n) is 8.85. The van der Waals surface area contributed by atoms with Crippen LogP contribution in [0.3, 0.4) is 0 Å². The zero-order chi connectivity index (χ0) is 26.9. The fourth-order valence-electron chi connectivity index (χ4n) is 3.86. The van der Waals surface area contributed by atoms with Crippen LogP contribution in [0.2, 0.25) is 0 Å². The monoisotopic (exact) mass is 521 g/mol. The number of methoxy groups -OCH3 is 1. The van der Waals surface area contributed by atoms with Crippen LogP contribution < -0.4 is 14.4 Å². The predicted molar refractivity (Wildman–Crippen MR) is 139 cm³/mol. The summed E-state index contributed by atoms with van der Waals surface area (Å²) in [6.45, 7) is 5.67. The summed E-state index contributed by atoms with van der Waals surface area (Å²) in [7, 11) is -2.20. The summed E-state index contributed by atoms with van der Waals surface area (Å²) in [6.07, 6.45) is 1.55. The quantitative estimate of drug-likeness (QED) is 0.434. The van der Waals surface area contributed by atoms with Gasteiger partial charge in [-0.3, -0.25) is 13.9 Å². The van der Waals surface area contributed by atoms with E-state index in [4.69, 9.17) is 4.74 Å². The minimum atomic E-state index is -3.77. The maximum atomic E-state index is 14.3. The van der Waals surface area contributed by atoms with Crippen LogP contribution in [0, 0.1) is 5.82 Å². The molecule has 1 N–H and O–H groups in total. The highest BCUT2D eigenvalue weighted by Gasteiger charge is 2.29. The van der Waals surface area contributed by atoms with Gasteiger partial charge in [-0.1, -0.05) is 31.2 Å². The molecule has 1 atom stereocenters. The van der Waals surface area contributed by atoms with Crippen molar-refractivity contribution in [1.82, 2.24) is 10.2 Å². The first-order chi connectivity index (χ1) is 17.0. The van der Waals surface area contributed by atoms with Gasteiger partial charge in [-0.15, -0.1) is 0 Å². The number of anilines is 1. The summed E-state index contributed by atoms with van der Waals surface area (Å²) in [5.41, 5.74) is 0.759. The maximum Gasteiger partial charge on any atom is 0.243 e. The molecule has 2 aromatic rings. The number of carbonyl (C=O) groups excluding carboxylic acids is 2. The molecule has 0 heterocycles. The Bertz CT molecular complexity index is 1120. The first kappa shape index (κ1) is 29.1. The summed E-state index contributed by atoms with van der Waals surface area (Å²) in [5.74, 6) is -0.529. The normalized spacial score (nSPS) is 12.2. The molecule has 2 rings (SSSR count). The van der Waals surface area contributed by atoms with Crippen LogP contribution in [-0.4, -0.2) is 57.1 Å². The highest BCUT2D eigenvalue weighted by molar-refractivity contribution is 7.92. The molecule has 2 aromatic carbocycles. The van der Waals surface area contributed by atoms with Gasteiger partial charge in [0.05, 0.1) is 19.1 Å². The maximum absolute atomic E-state index is 14.3. The highest BCUT2D eigenvalue weighted by Crippen LogP contribution is 2.23. The topological polar surface area (TPSA) is 96.0 Å². The summed E-state index contributed by atoms with van der Waals surface area (Å²) in [6, 6.07) is 12.0. The molecule has 0 aromatic heterocycles. The Balaban J connectivity index is 2.23. The lowest BCUT2D eigenvalue weighted by Gasteiger charge is -2.31. The van der Waals surface area contributed by atoms with Gasteiger partial charge in [-0.2, -0.15) is 0 Å². The Labute approximate surface area is 213 Å². The highest BCUT2D eigenvalue weighted by atomic mass is 32.2. The van der Waals surface area contributed by atoms with E-state index in [0.717, 1.165) is 16.1 Å². The van der Waals surface area contributed by atoms with Gasteiger partial charge in [0.1, 0.15) is 17.6 Å². The number of carbonyl (C=O) groups is 2. The van der Waals surface area contributed by atoms with Crippen LogP contribution in [0.4, 0.5) is 10.1 Å². The van der Waals surface area contributed by atoms with Crippen LogP contribution in [0.5, 0.6) is 5.75 Å². The number of nitrogens with zero attached hydrogens (tertiary/aromatic N) is 2. The summed E-state index contributed by atoms with van der Waals surface area (Å²) < 4.78 is 45.1. The molecule has 0 saturated carbocycles. The number of ether oxygens (including phenoxy) is 1. The number of sulfonamides is 1. The largest absolute Gasteiger partial charge is 0.497 e. The number of para-hydroxylation sites is 1. The predicted octanol–water partition coefficient (Wildman–Crippen LogP) is 3.71. The first-order valence-corrected chi connectivity index (χ1v) is 13.8. The van der Waals surface area contributed by atoms with Crippen molar-refractivity contribution in [3.8, 4) is 5.75 Å². The summed E-state index contributed by atoms with van der Waals surface area (Å²) >= 11 is 0. The van der Waals surface area contributed by atoms with Crippen molar-refractivity contribution in [3.05, 3.63) is 59.9 Å². The first-order valence-electron chi connectivity index (χ1n) is 11.9. The van der Waals surface area contributed by atoms with Crippen molar-refractivity contribution in [2.75, 3.05) is 24.2 Å². The molecule has 198 valence electrons. The molecule has 0 aliphatic heterocycles. The molecule has 0 fully saturated rings. The molecule has 0 spiro atoms. The fraction of sp³-hybridized carbons (Fsp3) is 0.462. The van der Waals surface area contributed by atoms with Crippen molar-refractivity contribution in [1.29, 1.82) is 0 Å². The Morgan fingerprint density at radius 1 is 1.08 bits per heavy atom. The van der Waals surface area contributed by atoms with E-state index in [1.54, 1.807) is 25.3 Å². The third-order valence-corrected chi connectivity index (χ3v) is 6.78. The van der Waals surface area contributed by atoms with Gasteiger partial charge in [0.25, 0.3) is 0 Å². The van der Waals surface area contributed by atoms with Crippen LogP contribution in [0.1, 0.15) is 45.6 Å². The third kappa shape index (κ3) is 8.22. The van der Waals surface area contributed by atoms with Crippen molar-refractivity contribution in [3.63, 3.8) is 0 Å². The van der Waals surface area contributed by atoms with Gasteiger partial charge in [0.2, 0.25) is 21.8 Å². The van der Waals surface area contributed by atoms with Crippen LogP contribution >= 0.6 is 0 Å². The number of hydrogen-bond acceptors (Lipinski definition) is 5. The Hall–Kier alpha value is -3.14. The molecule has 0 saturated heterocycles. The van der Waals surface area contributed by atoms with Gasteiger partial charge in [0, 0.05) is 25.6 Å². The van der Waals surface area contributed by atoms with Gasteiger partial charge in [0.15, 0.2) is 0 Å².